The summed E-state index contributed by atoms with van der Waals surface area (Å²) >= 11 is 1.78. The molecule has 0 spiro atoms. The Labute approximate surface area is 127 Å². The van der Waals surface area contributed by atoms with Crippen LogP contribution in [-0.2, 0) is 11.3 Å². The molecule has 2 fully saturated rings. The van der Waals surface area contributed by atoms with Gasteiger partial charge in [0.15, 0.2) is 0 Å². The summed E-state index contributed by atoms with van der Waals surface area (Å²) in [4.78, 5) is 26.2. The molecular weight excluding hydrogens is 284 g/mol. The van der Waals surface area contributed by atoms with Crippen molar-refractivity contribution < 1.29 is 4.79 Å². The van der Waals surface area contributed by atoms with Crippen LogP contribution in [0.5, 0.6) is 0 Å². The van der Waals surface area contributed by atoms with Crippen LogP contribution < -0.4 is 4.90 Å². The Kier molecular flexibility index (Phi) is 3.20. The number of carbonyl (C=O) groups is 1. The zero-order valence-corrected chi connectivity index (χ0v) is 12.4. The molecule has 6 heteroatoms. The van der Waals surface area contributed by atoms with Gasteiger partial charge in [0.1, 0.15) is 6.33 Å². The molecule has 2 aromatic rings. The second-order valence-corrected chi connectivity index (χ2v) is 6.57. The third kappa shape index (κ3) is 2.24. The number of amides is 1. The third-order valence-electron chi connectivity index (χ3n) is 4.37. The van der Waals surface area contributed by atoms with Crippen LogP contribution in [0.4, 0.5) is 5.69 Å². The van der Waals surface area contributed by atoms with Gasteiger partial charge in [-0.2, -0.15) is 0 Å². The van der Waals surface area contributed by atoms with E-state index in [-0.39, 0.29) is 11.9 Å². The topological polar surface area (TPSA) is 49.3 Å². The number of rotatable bonds is 3. The van der Waals surface area contributed by atoms with Gasteiger partial charge in [0.2, 0.25) is 5.91 Å². The first-order valence-electron chi connectivity index (χ1n) is 7.16. The van der Waals surface area contributed by atoms with Crippen molar-refractivity contribution in [2.75, 3.05) is 11.4 Å². The van der Waals surface area contributed by atoms with Gasteiger partial charge in [-0.05, 0) is 17.9 Å². The van der Waals surface area contributed by atoms with Crippen LogP contribution in [0, 0.1) is 0 Å². The van der Waals surface area contributed by atoms with E-state index in [1.165, 1.54) is 11.2 Å². The van der Waals surface area contributed by atoms with E-state index in [0.717, 1.165) is 25.2 Å². The lowest BCUT2D eigenvalue weighted by molar-refractivity contribution is -0.117. The highest BCUT2D eigenvalue weighted by molar-refractivity contribution is 7.09. The molecule has 4 heterocycles. The fourth-order valence-corrected chi connectivity index (χ4v) is 4.21. The van der Waals surface area contributed by atoms with Crippen molar-refractivity contribution in [1.29, 1.82) is 0 Å². The maximum absolute atomic E-state index is 12.4. The van der Waals surface area contributed by atoms with E-state index in [4.69, 9.17) is 0 Å². The van der Waals surface area contributed by atoms with Crippen LogP contribution in [0.25, 0.3) is 0 Å². The van der Waals surface area contributed by atoms with E-state index in [1.54, 1.807) is 23.7 Å². The summed E-state index contributed by atoms with van der Waals surface area (Å²) in [7, 11) is 0. The molecule has 0 unspecified atom stereocenters. The van der Waals surface area contributed by atoms with E-state index >= 15 is 0 Å². The van der Waals surface area contributed by atoms with Crippen LogP contribution in [0.2, 0.25) is 0 Å². The predicted molar refractivity (Wildman–Crippen MR) is 81.1 cm³/mol. The van der Waals surface area contributed by atoms with E-state index in [1.807, 2.05) is 4.90 Å². The zero-order chi connectivity index (χ0) is 14.2. The van der Waals surface area contributed by atoms with Gasteiger partial charge in [-0.25, -0.2) is 9.97 Å². The molecule has 2 aliphatic heterocycles. The smallest absolute Gasteiger partial charge is 0.229 e. The molecule has 2 aromatic heterocycles. The Morgan fingerprint density at radius 2 is 2.14 bits per heavy atom. The number of anilines is 1. The quantitative estimate of drug-likeness (QED) is 0.869. The summed E-state index contributed by atoms with van der Waals surface area (Å²) in [6.07, 6.45) is 6.59. The van der Waals surface area contributed by atoms with Gasteiger partial charge in [0.05, 0.1) is 24.1 Å². The van der Waals surface area contributed by atoms with Crippen molar-refractivity contribution in [3.05, 3.63) is 41.1 Å². The third-order valence-corrected chi connectivity index (χ3v) is 5.23. The van der Waals surface area contributed by atoms with Gasteiger partial charge in [-0.1, -0.05) is 6.07 Å². The first-order chi connectivity index (χ1) is 10.3. The lowest BCUT2D eigenvalue weighted by atomic mass is 10.1. The number of fused-ring (bicyclic) bond motifs is 1. The number of nitrogens with zero attached hydrogens (tertiary/aromatic N) is 4. The largest absolute Gasteiger partial charge is 0.305 e. The van der Waals surface area contributed by atoms with E-state index in [2.05, 4.69) is 32.4 Å². The summed E-state index contributed by atoms with van der Waals surface area (Å²) < 4.78 is 0. The molecule has 0 radical (unpaired) electrons. The van der Waals surface area contributed by atoms with Crippen molar-refractivity contribution in [2.45, 2.75) is 31.5 Å². The number of aromatic nitrogens is 2. The Hall–Kier alpha value is -1.79. The van der Waals surface area contributed by atoms with Gasteiger partial charge in [-0.3, -0.25) is 9.69 Å². The molecule has 0 aliphatic carbocycles. The van der Waals surface area contributed by atoms with Gasteiger partial charge < -0.3 is 4.90 Å². The number of hydrogen-bond donors (Lipinski definition) is 0. The van der Waals surface area contributed by atoms with Crippen LogP contribution in [0.3, 0.4) is 0 Å². The van der Waals surface area contributed by atoms with Gasteiger partial charge in [-0.15, -0.1) is 11.3 Å². The second-order valence-electron chi connectivity index (χ2n) is 5.54. The van der Waals surface area contributed by atoms with Crippen molar-refractivity contribution in [1.82, 2.24) is 14.9 Å². The monoisotopic (exact) mass is 300 g/mol. The second kappa shape index (κ2) is 5.20. The van der Waals surface area contributed by atoms with Crippen LogP contribution >= 0.6 is 11.3 Å². The molecule has 2 atom stereocenters. The molecule has 5 nitrogen and oxygen atoms in total. The molecular formula is C15H16N4OS. The average Bonchev–Trinajstić information content (AvgIpc) is 3.19. The molecule has 0 aromatic carbocycles. The summed E-state index contributed by atoms with van der Waals surface area (Å²) in [6.45, 7) is 2.00. The maximum Gasteiger partial charge on any atom is 0.229 e. The van der Waals surface area contributed by atoms with Crippen molar-refractivity contribution >= 4 is 22.9 Å². The molecule has 2 saturated heterocycles. The van der Waals surface area contributed by atoms with Crippen molar-refractivity contribution in [2.24, 2.45) is 0 Å². The number of hydrogen-bond acceptors (Lipinski definition) is 5. The first kappa shape index (κ1) is 12.9. The van der Waals surface area contributed by atoms with Gasteiger partial charge in [0, 0.05) is 30.4 Å². The zero-order valence-electron chi connectivity index (χ0n) is 11.6. The lowest BCUT2D eigenvalue weighted by Gasteiger charge is -2.24. The number of carbonyl (C=O) groups excluding carboxylic acids is 1. The number of likely N-dealkylation sites (tertiary alicyclic amines) is 1. The minimum Gasteiger partial charge on any atom is -0.305 e. The molecule has 2 aliphatic rings. The van der Waals surface area contributed by atoms with E-state index < -0.39 is 0 Å². The lowest BCUT2D eigenvalue weighted by Crippen LogP contribution is -2.37. The standard InChI is InChI=1S/C15H16N4OS/c20-15-6-14-13(19(15)11-7-16-10-17-8-11)3-4-18(14)9-12-2-1-5-21-12/h1-2,5,7-8,10,13-14H,3-4,6,9H2/t13-,14-/m1/s1. The highest BCUT2D eigenvalue weighted by Gasteiger charge is 2.47. The summed E-state index contributed by atoms with van der Waals surface area (Å²) in [6, 6.07) is 4.83. The Morgan fingerprint density at radius 3 is 2.90 bits per heavy atom. The van der Waals surface area contributed by atoms with Crippen molar-refractivity contribution in [3.8, 4) is 0 Å². The predicted octanol–water partition coefficient (Wildman–Crippen LogP) is 1.92. The van der Waals surface area contributed by atoms with Gasteiger partial charge >= 0.3 is 0 Å². The minimum absolute atomic E-state index is 0.190. The minimum atomic E-state index is 0.190. The molecule has 1 amide bonds. The highest BCUT2D eigenvalue weighted by Crippen LogP contribution is 2.36. The Morgan fingerprint density at radius 1 is 1.29 bits per heavy atom. The average molecular weight is 300 g/mol. The first-order valence-corrected chi connectivity index (χ1v) is 8.04. The van der Waals surface area contributed by atoms with Crippen molar-refractivity contribution in [3.63, 3.8) is 0 Å². The Bertz CT molecular complexity index is 630. The molecule has 0 N–H and O–H groups in total. The SMILES string of the molecule is O=C1C[C@@H]2[C@@H](CCN2Cc2cccs2)N1c1cncnc1. The Balaban J connectivity index is 1.55. The molecule has 4 rings (SSSR count). The van der Waals surface area contributed by atoms with Crippen LogP contribution in [0.1, 0.15) is 17.7 Å². The van der Waals surface area contributed by atoms with E-state index in [9.17, 15) is 4.79 Å². The van der Waals surface area contributed by atoms with Crippen LogP contribution in [0.15, 0.2) is 36.2 Å². The van der Waals surface area contributed by atoms with E-state index in [0.29, 0.717) is 12.5 Å². The summed E-state index contributed by atoms with van der Waals surface area (Å²) in [5.74, 6) is 0.190. The fraction of sp³-hybridized carbons (Fsp3) is 0.400. The normalized spacial score (nSPS) is 25.5. The fourth-order valence-electron chi connectivity index (χ4n) is 3.48. The highest BCUT2D eigenvalue weighted by atomic mass is 32.1. The summed E-state index contributed by atoms with van der Waals surface area (Å²) in [5, 5.41) is 2.11. The molecule has 0 saturated carbocycles. The van der Waals surface area contributed by atoms with Crippen LogP contribution in [-0.4, -0.2) is 39.4 Å². The summed E-state index contributed by atoms with van der Waals surface area (Å²) in [5.41, 5.74) is 0.827. The molecule has 21 heavy (non-hydrogen) atoms. The molecule has 0 bridgehead atoms. The maximum atomic E-state index is 12.4. The number of thiophene rings is 1. The molecule has 108 valence electrons. The van der Waals surface area contributed by atoms with Gasteiger partial charge in [0.25, 0.3) is 0 Å².